The largest absolute Gasteiger partial charge is 0.355 e. The molecule has 3 heterocycles. The second-order valence-corrected chi connectivity index (χ2v) is 6.99. The Bertz CT molecular complexity index is 757. The fourth-order valence-electron chi connectivity index (χ4n) is 3.69. The van der Waals surface area contributed by atoms with Crippen LogP contribution in [-0.4, -0.2) is 35.6 Å². The number of aromatic nitrogens is 2. The molecule has 5 heteroatoms. The number of anilines is 2. The van der Waals surface area contributed by atoms with Crippen LogP contribution in [0.25, 0.3) is 0 Å². The minimum Gasteiger partial charge on any atom is -0.355 e. The Morgan fingerprint density at radius 2 is 1.83 bits per heavy atom. The maximum atomic E-state index is 6.09. The lowest BCUT2D eigenvalue weighted by Gasteiger charge is -2.30. The molecule has 1 saturated heterocycles. The lowest BCUT2D eigenvalue weighted by atomic mass is 10.0. The molecule has 1 aromatic heterocycles. The molecule has 0 aliphatic carbocycles. The molecule has 4 rings (SSSR count). The molecular weight excluding hydrogens is 298 g/mol. The predicted molar refractivity (Wildman–Crippen MR) is 97.5 cm³/mol. The number of fused-ring (bicyclic) bond motifs is 1. The van der Waals surface area contributed by atoms with E-state index in [1.807, 2.05) is 0 Å². The highest BCUT2D eigenvalue weighted by atomic mass is 15.3. The van der Waals surface area contributed by atoms with Crippen molar-refractivity contribution in [2.75, 3.05) is 29.4 Å². The Labute approximate surface area is 143 Å². The van der Waals surface area contributed by atoms with Gasteiger partial charge in [-0.2, -0.15) is 4.98 Å². The molecule has 2 aromatic rings. The van der Waals surface area contributed by atoms with Crippen LogP contribution in [-0.2, 0) is 13.0 Å². The van der Waals surface area contributed by atoms with E-state index < -0.39 is 0 Å². The molecule has 0 bridgehead atoms. The molecule has 5 nitrogen and oxygen atoms in total. The number of aryl methyl sites for hydroxylation is 1. The van der Waals surface area contributed by atoms with Crippen LogP contribution < -0.4 is 15.5 Å². The second kappa shape index (κ2) is 6.06. The molecular formula is C19H25N5. The lowest BCUT2D eigenvalue weighted by Crippen LogP contribution is -2.33. The van der Waals surface area contributed by atoms with Crippen LogP contribution >= 0.6 is 0 Å². The van der Waals surface area contributed by atoms with E-state index in [1.165, 1.54) is 16.7 Å². The van der Waals surface area contributed by atoms with Crippen LogP contribution in [0.3, 0.4) is 0 Å². The highest BCUT2D eigenvalue weighted by molar-refractivity contribution is 5.54. The van der Waals surface area contributed by atoms with Gasteiger partial charge in [0.15, 0.2) is 0 Å². The van der Waals surface area contributed by atoms with Crippen LogP contribution in [0.15, 0.2) is 24.3 Å². The van der Waals surface area contributed by atoms with Crippen molar-refractivity contribution in [2.45, 2.75) is 39.3 Å². The van der Waals surface area contributed by atoms with Gasteiger partial charge in [-0.1, -0.05) is 24.3 Å². The third kappa shape index (κ3) is 2.73. The fourth-order valence-corrected chi connectivity index (χ4v) is 3.69. The highest BCUT2D eigenvalue weighted by Gasteiger charge is 2.25. The monoisotopic (exact) mass is 323 g/mol. The van der Waals surface area contributed by atoms with E-state index in [0.717, 1.165) is 56.5 Å². The van der Waals surface area contributed by atoms with Crippen molar-refractivity contribution < 1.29 is 0 Å². The van der Waals surface area contributed by atoms with Crippen molar-refractivity contribution in [1.29, 1.82) is 0 Å². The van der Waals surface area contributed by atoms with Crippen molar-refractivity contribution in [2.24, 2.45) is 5.73 Å². The van der Waals surface area contributed by atoms with Crippen molar-refractivity contribution in [3.05, 3.63) is 46.6 Å². The maximum Gasteiger partial charge on any atom is 0.227 e. The first-order chi connectivity index (χ1) is 11.6. The average molecular weight is 323 g/mol. The van der Waals surface area contributed by atoms with Gasteiger partial charge in [-0.3, -0.25) is 0 Å². The molecule has 0 spiro atoms. The highest BCUT2D eigenvalue weighted by Crippen LogP contribution is 2.28. The molecule has 1 fully saturated rings. The van der Waals surface area contributed by atoms with E-state index in [2.05, 4.69) is 47.9 Å². The Morgan fingerprint density at radius 1 is 1.04 bits per heavy atom. The molecule has 2 aliphatic rings. The predicted octanol–water partition coefficient (Wildman–Crippen LogP) is 2.19. The molecule has 1 atom stereocenters. The topological polar surface area (TPSA) is 58.3 Å². The number of nitrogens with zero attached hydrogens (tertiary/aromatic N) is 4. The summed E-state index contributed by atoms with van der Waals surface area (Å²) in [7, 11) is 0. The zero-order valence-electron chi connectivity index (χ0n) is 14.5. The third-order valence-corrected chi connectivity index (χ3v) is 5.29. The molecule has 2 N–H and O–H groups in total. The summed E-state index contributed by atoms with van der Waals surface area (Å²) in [5, 5.41) is 0. The molecule has 2 aliphatic heterocycles. The quantitative estimate of drug-likeness (QED) is 0.918. The van der Waals surface area contributed by atoms with Gasteiger partial charge in [-0.25, -0.2) is 4.98 Å². The Morgan fingerprint density at radius 3 is 2.58 bits per heavy atom. The first-order valence-electron chi connectivity index (χ1n) is 8.79. The van der Waals surface area contributed by atoms with E-state index >= 15 is 0 Å². The minimum atomic E-state index is 0.255. The summed E-state index contributed by atoms with van der Waals surface area (Å²) in [5.74, 6) is 1.91. The zero-order chi connectivity index (χ0) is 16.7. The summed E-state index contributed by atoms with van der Waals surface area (Å²) in [4.78, 5) is 14.3. The second-order valence-electron chi connectivity index (χ2n) is 6.99. The first kappa shape index (κ1) is 15.4. The summed E-state index contributed by atoms with van der Waals surface area (Å²) in [5.41, 5.74) is 11.2. The molecule has 126 valence electrons. The van der Waals surface area contributed by atoms with Gasteiger partial charge in [-0.05, 0) is 37.8 Å². The van der Waals surface area contributed by atoms with Crippen LogP contribution in [0.4, 0.5) is 11.8 Å². The van der Waals surface area contributed by atoms with Gasteiger partial charge in [0.25, 0.3) is 0 Å². The van der Waals surface area contributed by atoms with Crippen LogP contribution in [0.2, 0.25) is 0 Å². The normalized spacial score (nSPS) is 20.4. The summed E-state index contributed by atoms with van der Waals surface area (Å²) >= 11 is 0. The lowest BCUT2D eigenvalue weighted by molar-refractivity contribution is 0.702. The Hall–Kier alpha value is -2.14. The van der Waals surface area contributed by atoms with Gasteiger partial charge in [0, 0.05) is 43.5 Å². The molecule has 0 amide bonds. The van der Waals surface area contributed by atoms with E-state index in [9.17, 15) is 0 Å². The molecule has 0 saturated carbocycles. The van der Waals surface area contributed by atoms with Crippen molar-refractivity contribution in [3.8, 4) is 0 Å². The first-order valence-corrected chi connectivity index (χ1v) is 8.79. The Kier molecular flexibility index (Phi) is 3.88. The van der Waals surface area contributed by atoms with Crippen molar-refractivity contribution >= 4 is 11.8 Å². The van der Waals surface area contributed by atoms with Crippen LogP contribution in [0, 0.1) is 13.8 Å². The summed E-state index contributed by atoms with van der Waals surface area (Å²) in [6.45, 7) is 7.93. The molecule has 24 heavy (non-hydrogen) atoms. The maximum absolute atomic E-state index is 6.09. The van der Waals surface area contributed by atoms with Gasteiger partial charge in [0.1, 0.15) is 5.82 Å². The van der Waals surface area contributed by atoms with Crippen molar-refractivity contribution in [3.63, 3.8) is 0 Å². The van der Waals surface area contributed by atoms with Gasteiger partial charge in [0.05, 0.1) is 0 Å². The van der Waals surface area contributed by atoms with E-state index in [1.54, 1.807) is 0 Å². The third-order valence-electron chi connectivity index (χ3n) is 5.29. The van der Waals surface area contributed by atoms with Gasteiger partial charge < -0.3 is 15.5 Å². The number of hydrogen-bond donors (Lipinski definition) is 1. The van der Waals surface area contributed by atoms with Crippen molar-refractivity contribution in [1.82, 2.24) is 9.97 Å². The average Bonchev–Trinajstić information content (AvgIpc) is 3.03. The van der Waals surface area contributed by atoms with E-state index in [-0.39, 0.29) is 6.04 Å². The number of benzene rings is 1. The van der Waals surface area contributed by atoms with Crippen LogP contribution in [0.5, 0.6) is 0 Å². The molecule has 1 unspecified atom stereocenters. The standard InChI is InChI=1S/C19H25N5/c1-13-14(2)21-19(22-18(13)23-10-8-17(20)12-23)24-9-7-15-5-3-4-6-16(15)11-24/h3-6,17H,7-12,20H2,1-2H3. The SMILES string of the molecule is Cc1nc(N2CCc3ccccc3C2)nc(N2CCC(N)C2)c1C. The van der Waals surface area contributed by atoms with Crippen LogP contribution in [0.1, 0.15) is 28.8 Å². The van der Waals surface area contributed by atoms with E-state index in [0.29, 0.717) is 0 Å². The zero-order valence-corrected chi connectivity index (χ0v) is 14.5. The summed E-state index contributed by atoms with van der Waals surface area (Å²) in [6, 6.07) is 8.93. The minimum absolute atomic E-state index is 0.255. The van der Waals surface area contributed by atoms with Gasteiger partial charge in [0.2, 0.25) is 5.95 Å². The van der Waals surface area contributed by atoms with Gasteiger partial charge >= 0.3 is 0 Å². The smallest absolute Gasteiger partial charge is 0.227 e. The summed E-state index contributed by atoms with van der Waals surface area (Å²) in [6.07, 6.45) is 2.09. The number of nitrogens with two attached hydrogens (primary N) is 1. The number of rotatable bonds is 2. The summed E-state index contributed by atoms with van der Waals surface area (Å²) < 4.78 is 0. The fraction of sp³-hybridized carbons (Fsp3) is 0.474. The number of hydrogen-bond acceptors (Lipinski definition) is 5. The van der Waals surface area contributed by atoms with Gasteiger partial charge in [-0.15, -0.1) is 0 Å². The molecule has 0 radical (unpaired) electrons. The molecule has 1 aromatic carbocycles. The Balaban J connectivity index is 1.66. The van der Waals surface area contributed by atoms with E-state index in [4.69, 9.17) is 15.7 Å².